The summed E-state index contributed by atoms with van der Waals surface area (Å²) in [5.74, 6) is -1.28. The molecule has 0 saturated carbocycles. The molecule has 0 bridgehead atoms. The molecule has 1 atom stereocenters. The number of nitrogens with one attached hydrogen (secondary N) is 1. The predicted octanol–water partition coefficient (Wildman–Crippen LogP) is 3.80. The van der Waals surface area contributed by atoms with Crippen LogP contribution in [0.4, 0.5) is 10.5 Å². The minimum absolute atomic E-state index is 0.231. The Kier molecular flexibility index (Phi) is 5.89. The van der Waals surface area contributed by atoms with E-state index in [2.05, 4.69) is 29.6 Å². The van der Waals surface area contributed by atoms with Crippen molar-refractivity contribution in [3.63, 3.8) is 0 Å². The van der Waals surface area contributed by atoms with Gasteiger partial charge in [0.05, 0.1) is 5.92 Å². The van der Waals surface area contributed by atoms with Crippen LogP contribution in [0.25, 0.3) is 0 Å². The van der Waals surface area contributed by atoms with Crippen LogP contribution < -0.4 is 5.32 Å². The molecule has 0 aliphatic carbocycles. The van der Waals surface area contributed by atoms with Crippen molar-refractivity contribution in [3.8, 4) is 0 Å². The largest absolute Gasteiger partial charge is 0.481 e. The molecule has 2 amide bonds. The molecule has 1 heterocycles. The fourth-order valence-electron chi connectivity index (χ4n) is 3.24. The third kappa shape index (κ3) is 4.85. The van der Waals surface area contributed by atoms with Gasteiger partial charge in [-0.15, -0.1) is 0 Å². The Morgan fingerprint density at radius 2 is 1.65 bits per heavy atom. The van der Waals surface area contributed by atoms with E-state index in [1.54, 1.807) is 4.90 Å². The molecule has 1 fully saturated rings. The van der Waals surface area contributed by atoms with Gasteiger partial charge in [0.25, 0.3) is 0 Å². The van der Waals surface area contributed by atoms with E-state index in [4.69, 9.17) is 5.11 Å². The van der Waals surface area contributed by atoms with Crippen LogP contribution in [0.15, 0.2) is 54.6 Å². The van der Waals surface area contributed by atoms with E-state index in [-0.39, 0.29) is 12.6 Å². The van der Waals surface area contributed by atoms with Crippen LogP contribution in [-0.2, 0) is 17.6 Å². The molecule has 1 unspecified atom stereocenters. The van der Waals surface area contributed by atoms with Crippen LogP contribution in [0.2, 0.25) is 0 Å². The summed E-state index contributed by atoms with van der Waals surface area (Å²) in [4.78, 5) is 24.8. The fraction of sp³-hybridized carbons (Fsp3) is 0.333. The lowest BCUT2D eigenvalue weighted by molar-refractivity contribution is -0.141. The molecule has 1 aliphatic heterocycles. The molecule has 1 saturated heterocycles. The quantitative estimate of drug-likeness (QED) is 0.831. The maximum atomic E-state index is 12.2. The van der Waals surface area contributed by atoms with Gasteiger partial charge < -0.3 is 15.3 Å². The molecule has 0 spiro atoms. The molecule has 136 valence electrons. The first-order valence-electron chi connectivity index (χ1n) is 9.03. The van der Waals surface area contributed by atoms with Crippen LogP contribution in [0.3, 0.4) is 0 Å². The lowest BCUT2D eigenvalue weighted by Crippen LogP contribution is -2.33. The number of carbonyl (C=O) groups excluding carboxylic acids is 1. The Morgan fingerprint density at radius 3 is 2.27 bits per heavy atom. The number of carboxylic acids is 1. The zero-order valence-electron chi connectivity index (χ0n) is 14.7. The van der Waals surface area contributed by atoms with Gasteiger partial charge in [0.1, 0.15) is 0 Å². The Labute approximate surface area is 153 Å². The highest BCUT2D eigenvalue weighted by Gasteiger charge is 2.30. The van der Waals surface area contributed by atoms with Crippen molar-refractivity contribution in [1.29, 1.82) is 0 Å². The summed E-state index contributed by atoms with van der Waals surface area (Å²) in [6.45, 7) is 0.763. The zero-order chi connectivity index (χ0) is 18.4. The number of aryl methyl sites for hydroxylation is 2. The van der Waals surface area contributed by atoms with Crippen molar-refractivity contribution in [2.24, 2.45) is 5.92 Å². The number of rotatable bonds is 6. The van der Waals surface area contributed by atoms with Gasteiger partial charge in [0.15, 0.2) is 0 Å². The minimum atomic E-state index is -0.833. The van der Waals surface area contributed by atoms with Gasteiger partial charge >= 0.3 is 12.0 Å². The Balaban J connectivity index is 1.45. The number of anilines is 1. The average Bonchev–Trinajstić information content (AvgIpc) is 3.15. The topological polar surface area (TPSA) is 69.6 Å². The van der Waals surface area contributed by atoms with Gasteiger partial charge in [-0.3, -0.25) is 4.79 Å². The highest BCUT2D eigenvalue weighted by molar-refractivity contribution is 5.90. The van der Waals surface area contributed by atoms with Crippen LogP contribution in [0.1, 0.15) is 24.0 Å². The molecular formula is C21H24N2O3. The standard InChI is InChI=1S/C21H24N2O3/c24-20(25)18-13-14-23(15-18)21(26)22-19-11-9-17(10-12-19)8-4-7-16-5-2-1-3-6-16/h1-3,5-6,9-12,18H,4,7-8,13-15H2,(H,22,26)(H,24,25). The second-order valence-electron chi connectivity index (χ2n) is 6.74. The van der Waals surface area contributed by atoms with Crippen LogP contribution in [0.5, 0.6) is 0 Å². The number of nitrogens with zero attached hydrogens (tertiary/aromatic N) is 1. The van der Waals surface area contributed by atoms with Crippen molar-refractivity contribution in [3.05, 3.63) is 65.7 Å². The monoisotopic (exact) mass is 352 g/mol. The summed E-state index contributed by atoms with van der Waals surface area (Å²) >= 11 is 0. The van der Waals surface area contributed by atoms with E-state index in [0.29, 0.717) is 13.0 Å². The molecule has 0 aromatic heterocycles. The normalized spacial score (nSPS) is 16.5. The van der Waals surface area contributed by atoms with Crippen molar-refractivity contribution in [1.82, 2.24) is 4.90 Å². The molecule has 0 radical (unpaired) electrons. The SMILES string of the molecule is O=C(O)C1CCN(C(=O)Nc2ccc(CCCc3ccccc3)cc2)C1. The summed E-state index contributed by atoms with van der Waals surface area (Å²) < 4.78 is 0. The number of hydrogen-bond donors (Lipinski definition) is 2. The summed E-state index contributed by atoms with van der Waals surface area (Å²) in [6, 6.07) is 18.1. The third-order valence-electron chi connectivity index (χ3n) is 4.80. The smallest absolute Gasteiger partial charge is 0.321 e. The van der Waals surface area contributed by atoms with Crippen molar-refractivity contribution < 1.29 is 14.7 Å². The van der Waals surface area contributed by atoms with E-state index in [9.17, 15) is 9.59 Å². The lowest BCUT2D eigenvalue weighted by atomic mass is 10.0. The highest BCUT2D eigenvalue weighted by Crippen LogP contribution is 2.18. The molecule has 5 nitrogen and oxygen atoms in total. The molecule has 5 heteroatoms. The maximum absolute atomic E-state index is 12.2. The van der Waals surface area contributed by atoms with Crippen LogP contribution >= 0.6 is 0 Å². The number of hydrogen-bond acceptors (Lipinski definition) is 2. The van der Waals surface area contributed by atoms with Crippen molar-refractivity contribution in [2.75, 3.05) is 18.4 Å². The zero-order valence-corrected chi connectivity index (χ0v) is 14.7. The van der Waals surface area contributed by atoms with Gasteiger partial charge in [-0.1, -0.05) is 42.5 Å². The van der Waals surface area contributed by atoms with E-state index in [0.717, 1.165) is 24.9 Å². The van der Waals surface area contributed by atoms with E-state index in [1.807, 2.05) is 30.3 Å². The Bertz CT molecular complexity index is 744. The van der Waals surface area contributed by atoms with Crippen molar-refractivity contribution >= 4 is 17.7 Å². The van der Waals surface area contributed by atoms with Gasteiger partial charge in [-0.05, 0) is 48.9 Å². The second-order valence-corrected chi connectivity index (χ2v) is 6.74. The van der Waals surface area contributed by atoms with Gasteiger partial charge in [0, 0.05) is 18.8 Å². The molecule has 2 N–H and O–H groups in total. The first-order valence-corrected chi connectivity index (χ1v) is 9.03. The number of urea groups is 1. The number of likely N-dealkylation sites (tertiary alicyclic amines) is 1. The molecule has 26 heavy (non-hydrogen) atoms. The average molecular weight is 352 g/mol. The molecule has 2 aromatic carbocycles. The van der Waals surface area contributed by atoms with Gasteiger partial charge in [-0.2, -0.15) is 0 Å². The summed E-state index contributed by atoms with van der Waals surface area (Å²) in [5, 5.41) is 11.9. The van der Waals surface area contributed by atoms with Crippen LogP contribution in [-0.4, -0.2) is 35.1 Å². The minimum Gasteiger partial charge on any atom is -0.481 e. The molecule has 3 rings (SSSR count). The number of aliphatic carboxylic acids is 1. The number of carbonyl (C=O) groups is 2. The first-order chi connectivity index (χ1) is 12.6. The van der Waals surface area contributed by atoms with Gasteiger partial charge in [0.2, 0.25) is 0 Å². The predicted molar refractivity (Wildman–Crippen MR) is 101 cm³/mol. The summed E-state index contributed by atoms with van der Waals surface area (Å²) in [7, 11) is 0. The number of amides is 2. The number of benzene rings is 2. The first kappa shape index (κ1) is 18.0. The second kappa shape index (κ2) is 8.52. The maximum Gasteiger partial charge on any atom is 0.321 e. The summed E-state index contributed by atoms with van der Waals surface area (Å²) in [6.07, 6.45) is 3.65. The van der Waals surface area contributed by atoms with E-state index >= 15 is 0 Å². The third-order valence-corrected chi connectivity index (χ3v) is 4.80. The van der Waals surface area contributed by atoms with Crippen LogP contribution in [0, 0.1) is 5.92 Å². The lowest BCUT2D eigenvalue weighted by Gasteiger charge is -2.17. The summed E-state index contributed by atoms with van der Waals surface area (Å²) in [5.41, 5.74) is 3.33. The number of carboxylic acid groups (broad SMARTS) is 1. The van der Waals surface area contributed by atoms with E-state index in [1.165, 1.54) is 11.1 Å². The molecule has 1 aliphatic rings. The Morgan fingerprint density at radius 1 is 1.00 bits per heavy atom. The molecular weight excluding hydrogens is 328 g/mol. The Hall–Kier alpha value is -2.82. The van der Waals surface area contributed by atoms with E-state index < -0.39 is 11.9 Å². The van der Waals surface area contributed by atoms with Gasteiger partial charge in [-0.25, -0.2) is 4.79 Å². The fourth-order valence-corrected chi connectivity index (χ4v) is 3.24. The molecule has 2 aromatic rings. The van der Waals surface area contributed by atoms with Crippen molar-refractivity contribution in [2.45, 2.75) is 25.7 Å². The highest BCUT2D eigenvalue weighted by atomic mass is 16.4.